The average Bonchev–Trinajstić information content (AvgIpc) is 3.25. The van der Waals surface area contributed by atoms with Crippen LogP contribution in [0.15, 0.2) is 24.3 Å². The van der Waals surface area contributed by atoms with Crippen LogP contribution in [0.5, 0.6) is 0 Å². The lowest BCUT2D eigenvalue weighted by Gasteiger charge is -2.21. The van der Waals surface area contributed by atoms with Crippen LogP contribution in [0.4, 0.5) is 5.95 Å². The van der Waals surface area contributed by atoms with E-state index in [2.05, 4.69) is 14.9 Å². The summed E-state index contributed by atoms with van der Waals surface area (Å²) in [4.78, 5) is 9.91. The topological polar surface area (TPSA) is 69.3 Å². The zero-order valence-corrected chi connectivity index (χ0v) is 13.2. The molecule has 2 saturated heterocycles. The number of imidazole rings is 1. The summed E-state index contributed by atoms with van der Waals surface area (Å²) in [5.74, 6) is 0.778. The third kappa shape index (κ3) is 2.28. The summed E-state index contributed by atoms with van der Waals surface area (Å²) in [5, 5.41) is -0.307. The predicted molar refractivity (Wildman–Crippen MR) is 86.4 cm³/mol. The van der Waals surface area contributed by atoms with Crippen LogP contribution in [0.25, 0.3) is 11.0 Å². The first-order chi connectivity index (χ1) is 10.6. The summed E-state index contributed by atoms with van der Waals surface area (Å²) in [6, 6.07) is 7.87. The van der Waals surface area contributed by atoms with Gasteiger partial charge in [0, 0.05) is 26.2 Å². The standard InChI is InChI=1S/C15H20N4O2S/c20-22(21,19-8-3-4-9-19)12-7-10-18(11-12)15-16-13-5-1-2-6-14(13)17-15/h1-2,5-6,12H,3-4,7-11H2,(H,16,17)/t12-/m0/s1. The Bertz CT molecular complexity index is 747. The number of fused-ring (bicyclic) bond motifs is 1. The van der Waals surface area contributed by atoms with Gasteiger partial charge >= 0.3 is 0 Å². The Morgan fingerprint density at radius 2 is 1.91 bits per heavy atom. The molecule has 2 aromatic rings. The molecule has 1 N–H and O–H groups in total. The van der Waals surface area contributed by atoms with Crippen molar-refractivity contribution in [2.24, 2.45) is 0 Å². The maximum atomic E-state index is 12.7. The molecule has 6 nitrogen and oxygen atoms in total. The summed E-state index contributed by atoms with van der Waals surface area (Å²) < 4.78 is 27.0. The molecule has 4 rings (SSSR count). The second-order valence-electron chi connectivity index (χ2n) is 6.09. The van der Waals surface area contributed by atoms with Crippen molar-refractivity contribution in [1.29, 1.82) is 0 Å². The Hall–Kier alpha value is -1.60. The maximum Gasteiger partial charge on any atom is 0.218 e. The minimum atomic E-state index is -3.16. The van der Waals surface area contributed by atoms with Gasteiger partial charge in [-0.25, -0.2) is 17.7 Å². The molecule has 0 bridgehead atoms. The molecule has 2 aliphatic heterocycles. The summed E-state index contributed by atoms with van der Waals surface area (Å²) in [7, 11) is -3.16. The summed E-state index contributed by atoms with van der Waals surface area (Å²) >= 11 is 0. The van der Waals surface area contributed by atoms with E-state index in [1.54, 1.807) is 4.31 Å². The minimum Gasteiger partial charge on any atom is -0.341 e. The molecule has 22 heavy (non-hydrogen) atoms. The second kappa shape index (κ2) is 5.24. The van der Waals surface area contributed by atoms with E-state index in [4.69, 9.17) is 0 Å². The molecule has 0 amide bonds. The number of aromatic amines is 1. The molecule has 1 atom stereocenters. The largest absolute Gasteiger partial charge is 0.341 e. The van der Waals surface area contributed by atoms with Gasteiger partial charge in [-0.3, -0.25) is 0 Å². The van der Waals surface area contributed by atoms with Crippen LogP contribution in [-0.4, -0.2) is 54.1 Å². The van der Waals surface area contributed by atoms with Crippen LogP contribution < -0.4 is 4.90 Å². The lowest BCUT2D eigenvalue weighted by Crippen LogP contribution is -2.38. The molecular weight excluding hydrogens is 300 g/mol. The number of benzene rings is 1. The van der Waals surface area contributed by atoms with Gasteiger partial charge in [-0.2, -0.15) is 0 Å². The van der Waals surface area contributed by atoms with E-state index in [0.29, 0.717) is 26.1 Å². The fourth-order valence-electron chi connectivity index (χ4n) is 3.41. The number of nitrogens with one attached hydrogen (secondary N) is 1. The first kappa shape index (κ1) is 14.0. The highest BCUT2D eigenvalue weighted by atomic mass is 32.2. The number of rotatable bonds is 3. The second-order valence-corrected chi connectivity index (χ2v) is 8.30. The molecule has 0 unspecified atom stereocenters. The predicted octanol–water partition coefficient (Wildman–Crippen LogP) is 1.57. The molecule has 2 fully saturated rings. The van der Waals surface area contributed by atoms with E-state index in [1.165, 1.54) is 0 Å². The maximum absolute atomic E-state index is 12.7. The molecule has 0 saturated carbocycles. The van der Waals surface area contributed by atoms with E-state index >= 15 is 0 Å². The monoisotopic (exact) mass is 320 g/mol. The van der Waals surface area contributed by atoms with Crippen molar-refractivity contribution in [1.82, 2.24) is 14.3 Å². The number of anilines is 1. The molecule has 0 spiro atoms. The zero-order valence-electron chi connectivity index (χ0n) is 12.4. The Balaban J connectivity index is 1.54. The van der Waals surface area contributed by atoms with Crippen molar-refractivity contribution in [3.8, 4) is 0 Å². The summed E-state index contributed by atoms with van der Waals surface area (Å²) in [5.41, 5.74) is 1.91. The van der Waals surface area contributed by atoms with Crippen LogP contribution in [0.1, 0.15) is 19.3 Å². The van der Waals surface area contributed by atoms with E-state index in [0.717, 1.165) is 36.4 Å². The minimum absolute atomic E-state index is 0.307. The third-order valence-electron chi connectivity index (χ3n) is 4.67. The van der Waals surface area contributed by atoms with E-state index in [-0.39, 0.29) is 5.25 Å². The molecule has 1 aromatic heterocycles. The third-order valence-corrected chi connectivity index (χ3v) is 6.98. The fraction of sp³-hybridized carbons (Fsp3) is 0.533. The smallest absolute Gasteiger partial charge is 0.218 e. The SMILES string of the molecule is O=S(=O)([C@H]1CCN(c2nc3ccccc3[nH]2)C1)N1CCCC1. The van der Waals surface area contributed by atoms with E-state index in [9.17, 15) is 8.42 Å². The van der Waals surface area contributed by atoms with Crippen molar-refractivity contribution >= 4 is 27.0 Å². The number of sulfonamides is 1. The van der Waals surface area contributed by atoms with Crippen LogP contribution >= 0.6 is 0 Å². The highest BCUT2D eigenvalue weighted by molar-refractivity contribution is 7.89. The number of nitrogens with zero attached hydrogens (tertiary/aromatic N) is 3. The number of hydrogen-bond donors (Lipinski definition) is 1. The highest BCUT2D eigenvalue weighted by Crippen LogP contribution is 2.27. The molecule has 2 aliphatic rings. The number of H-pyrrole nitrogens is 1. The number of hydrogen-bond acceptors (Lipinski definition) is 4. The quantitative estimate of drug-likeness (QED) is 0.932. The molecule has 0 aliphatic carbocycles. The first-order valence-corrected chi connectivity index (χ1v) is 9.33. The van der Waals surface area contributed by atoms with E-state index in [1.807, 2.05) is 24.3 Å². The Labute approximate surface area is 130 Å². The fourth-order valence-corrected chi connectivity index (χ4v) is 5.37. The first-order valence-electron chi connectivity index (χ1n) is 7.83. The van der Waals surface area contributed by atoms with Crippen molar-refractivity contribution in [3.63, 3.8) is 0 Å². The summed E-state index contributed by atoms with van der Waals surface area (Å²) in [6.45, 7) is 2.63. The molecule has 118 valence electrons. The van der Waals surface area contributed by atoms with Gasteiger partial charge in [-0.15, -0.1) is 0 Å². The van der Waals surface area contributed by atoms with Gasteiger partial charge < -0.3 is 9.88 Å². The zero-order chi connectivity index (χ0) is 15.2. The molecular formula is C15H20N4O2S. The van der Waals surface area contributed by atoms with Gasteiger partial charge in [-0.05, 0) is 31.4 Å². The van der Waals surface area contributed by atoms with Gasteiger partial charge in [0.2, 0.25) is 16.0 Å². The summed E-state index contributed by atoms with van der Waals surface area (Å²) in [6.07, 6.45) is 2.65. The average molecular weight is 320 g/mol. The Morgan fingerprint density at radius 1 is 1.14 bits per heavy atom. The van der Waals surface area contributed by atoms with E-state index < -0.39 is 10.0 Å². The molecule has 3 heterocycles. The van der Waals surface area contributed by atoms with Gasteiger partial charge in [0.05, 0.1) is 16.3 Å². The Kier molecular flexibility index (Phi) is 3.34. The van der Waals surface area contributed by atoms with Crippen molar-refractivity contribution < 1.29 is 8.42 Å². The molecule has 0 radical (unpaired) electrons. The molecule has 1 aromatic carbocycles. The van der Waals surface area contributed by atoms with Crippen molar-refractivity contribution in [2.45, 2.75) is 24.5 Å². The van der Waals surface area contributed by atoms with Crippen LogP contribution in [0, 0.1) is 0 Å². The normalized spacial score (nSPS) is 23.6. The van der Waals surface area contributed by atoms with Crippen LogP contribution in [0.3, 0.4) is 0 Å². The Morgan fingerprint density at radius 3 is 2.68 bits per heavy atom. The van der Waals surface area contributed by atoms with Gasteiger partial charge in [0.1, 0.15) is 0 Å². The lowest BCUT2D eigenvalue weighted by molar-refractivity contribution is 0.467. The van der Waals surface area contributed by atoms with Gasteiger partial charge in [0.25, 0.3) is 0 Å². The van der Waals surface area contributed by atoms with Crippen LogP contribution in [-0.2, 0) is 10.0 Å². The van der Waals surface area contributed by atoms with Gasteiger partial charge in [-0.1, -0.05) is 12.1 Å². The molecule has 7 heteroatoms. The van der Waals surface area contributed by atoms with Crippen molar-refractivity contribution in [2.75, 3.05) is 31.1 Å². The lowest BCUT2D eigenvalue weighted by atomic mass is 10.3. The highest BCUT2D eigenvalue weighted by Gasteiger charge is 2.38. The van der Waals surface area contributed by atoms with Crippen molar-refractivity contribution in [3.05, 3.63) is 24.3 Å². The number of aromatic nitrogens is 2. The van der Waals surface area contributed by atoms with Gasteiger partial charge in [0.15, 0.2) is 0 Å². The van der Waals surface area contributed by atoms with Crippen LogP contribution in [0.2, 0.25) is 0 Å². The number of para-hydroxylation sites is 2.